The minimum Gasteiger partial charge on any atom is -0.496 e. The van der Waals surface area contributed by atoms with Gasteiger partial charge in [-0.1, -0.05) is 31.5 Å². The van der Waals surface area contributed by atoms with Crippen molar-refractivity contribution < 1.29 is 14.3 Å². The molecule has 1 fully saturated rings. The summed E-state index contributed by atoms with van der Waals surface area (Å²) < 4.78 is 11.4. The van der Waals surface area contributed by atoms with Crippen LogP contribution in [0, 0.1) is 0 Å². The average Bonchev–Trinajstić information content (AvgIpc) is 2.60. The van der Waals surface area contributed by atoms with Crippen molar-refractivity contribution in [1.82, 2.24) is 4.90 Å². The first kappa shape index (κ1) is 21.7. The largest absolute Gasteiger partial charge is 0.496 e. The molecule has 2 rings (SSSR count). The summed E-state index contributed by atoms with van der Waals surface area (Å²) in [5.41, 5.74) is 6.47. The van der Waals surface area contributed by atoms with E-state index >= 15 is 0 Å². The van der Waals surface area contributed by atoms with Crippen molar-refractivity contribution in [1.29, 1.82) is 0 Å². The second kappa shape index (κ2) is 10.00. The predicted molar refractivity (Wildman–Crippen MR) is 102 cm³/mol. The van der Waals surface area contributed by atoms with Gasteiger partial charge in [0.1, 0.15) is 5.75 Å². The maximum atomic E-state index is 12.5. The topological polar surface area (TPSA) is 64.8 Å². The Labute approximate surface area is 157 Å². The van der Waals surface area contributed by atoms with E-state index < -0.39 is 5.54 Å². The molecule has 0 aromatic heterocycles. The van der Waals surface area contributed by atoms with Crippen molar-refractivity contribution in [3.63, 3.8) is 0 Å². The number of halogens is 1. The number of rotatable bonds is 7. The number of carbonyl (C=O) groups is 1. The fraction of sp³-hybridized carbons (Fsp3) is 0.632. The van der Waals surface area contributed by atoms with Gasteiger partial charge in [0.15, 0.2) is 0 Å². The van der Waals surface area contributed by atoms with Crippen LogP contribution in [0.2, 0.25) is 0 Å². The van der Waals surface area contributed by atoms with Crippen molar-refractivity contribution in [3.05, 3.63) is 29.8 Å². The number of methoxy groups -OCH3 is 1. The number of piperidine rings is 1. The van der Waals surface area contributed by atoms with E-state index in [1.807, 2.05) is 36.1 Å². The zero-order valence-electron chi connectivity index (χ0n) is 15.5. The van der Waals surface area contributed by atoms with Gasteiger partial charge in [0.2, 0.25) is 5.91 Å². The Morgan fingerprint density at radius 2 is 1.96 bits per heavy atom. The third-order valence-electron chi connectivity index (χ3n) is 4.65. The van der Waals surface area contributed by atoms with E-state index in [0.29, 0.717) is 19.7 Å². The van der Waals surface area contributed by atoms with E-state index in [1.54, 1.807) is 7.11 Å². The van der Waals surface area contributed by atoms with Gasteiger partial charge in [0.25, 0.3) is 0 Å². The first-order chi connectivity index (χ1) is 11.5. The van der Waals surface area contributed by atoms with Crippen LogP contribution in [-0.2, 0) is 16.1 Å². The standard InChI is InChI=1S/C19H30N2O3.ClH/c1-4-11-19(2,20)18(22)21-12-9-16(10-13-21)24-14-15-7-5-6-8-17(15)23-3;/h5-8,16H,4,9-14,20H2,1-3H3;1H. The zero-order chi connectivity index (χ0) is 17.6. The van der Waals surface area contributed by atoms with Gasteiger partial charge < -0.3 is 20.1 Å². The summed E-state index contributed by atoms with van der Waals surface area (Å²) in [7, 11) is 1.67. The molecule has 1 aliphatic rings. The Morgan fingerprint density at radius 3 is 2.56 bits per heavy atom. The quantitative estimate of drug-likeness (QED) is 0.800. The van der Waals surface area contributed by atoms with Gasteiger partial charge in [0.05, 0.1) is 25.4 Å². The molecule has 1 aromatic carbocycles. The molecule has 1 aromatic rings. The molecular formula is C19H31ClN2O3. The van der Waals surface area contributed by atoms with Crippen molar-refractivity contribution in [2.75, 3.05) is 20.2 Å². The number of ether oxygens (including phenoxy) is 2. The summed E-state index contributed by atoms with van der Waals surface area (Å²) in [4.78, 5) is 14.4. The summed E-state index contributed by atoms with van der Waals surface area (Å²) in [5, 5.41) is 0. The molecule has 1 saturated heterocycles. The van der Waals surface area contributed by atoms with Crippen molar-refractivity contribution >= 4 is 18.3 Å². The predicted octanol–water partition coefficient (Wildman–Crippen LogP) is 3.14. The van der Waals surface area contributed by atoms with Crippen LogP contribution in [0.1, 0.15) is 45.1 Å². The van der Waals surface area contributed by atoms with Gasteiger partial charge in [-0.25, -0.2) is 0 Å². The monoisotopic (exact) mass is 370 g/mol. The van der Waals surface area contributed by atoms with Crippen molar-refractivity contribution in [2.24, 2.45) is 5.73 Å². The molecule has 1 amide bonds. The number of nitrogens with zero attached hydrogens (tertiary/aromatic N) is 1. The Balaban J connectivity index is 0.00000312. The average molecular weight is 371 g/mol. The number of carbonyl (C=O) groups excluding carboxylic acids is 1. The molecule has 1 heterocycles. The van der Waals surface area contributed by atoms with Gasteiger partial charge in [-0.05, 0) is 32.3 Å². The van der Waals surface area contributed by atoms with Crippen LogP contribution in [0.4, 0.5) is 0 Å². The smallest absolute Gasteiger partial charge is 0.242 e. The van der Waals surface area contributed by atoms with Crippen LogP contribution in [0.25, 0.3) is 0 Å². The highest BCUT2D eigenvalue weighted by Crippen LogP contribution is 2.23. The molecule has 1 atom stereocenters. The van der Waals surface area contributed by atoms with Gasteiger partial charge in [-0.3, -0.25) is 4.79 Å². The third-order valence-corrected chi connectivity index (χ3v) is 4.65. The van der Waals surface area contributed by atoms with E-state index in [2.05, 4.69) is 6.92 Å². The fourth-order valence-electron chi connectivity index (χ4n) is 3.24. The molecule has 0 spiro atoms. The Kier molecular flexibility index (Phi) is 8.69. The SMILES string of the molecule is CCCC(C)(N)C(=O)N1CCC(OCc2ccccc2OC)CC1.Cl. The maximum Gasteiger partial charge on any atom is 0.242 e. The molecule has 1 aliphatic heterocycles. The second-order valence-electron chi connectivity index (χ2n) is 6.78. The molecule has 5 nitrogen and oxygen atoms in total. The van der Waals surface area contributed by atoms with Gasteiger partial charge in [-0.15, -0.1) is 12.4 Å². The van der Waals surface area contributed by atoms with Crippen molar-refractivity contribution in [3.8, 4) is 5.75 Å². The van der Waals surface area contributed by atoms with Crippen LogP contribution in [0.15, 0.2) is 24.3 Å². The molecule has 6 heteroatoms. The zero-order valence-corrected chi connectivity index (χ0v) is 16.3. The van der Waals surface area contributed by atoms with Gasteiger partial charge >= 0.3 is 0 Å². The highest BCUT2D eigenvalue weighted by Gasteiger charge is 2.33. The number of likely N-dealkylation sites (tertiary alicyclic amines) is 1. The molecule has 0 saturated carbocycles. The molecule has 0 aliphatic carbocycles. The molecule has 142 valence electrons. The molecular weight excluding hydrogens is 340 g/mol. The number of hydrogen-bond donors (Lipinski definition) is 1. The number of hydrogen-bond acceptors (Lipinski definition) is 4. The first-order valence-electron chi connectivity index (χ1n) is 8.79. The summed E-state index contributed by atoms with van der Waals surface area (Å²) in [6, 6.07) is 7.89. The lowest BCUT2D eigenvalue weighted by Gasteiger charge is -2.36. The summed E-state index contributed by atoms with van der Waals surface area (Å²) in [6.45, 7) is 5.85. The van der Waals surface area contributed by atoms with E-state index in [0.717, 1.165) is 37.0 Å². The maximum absolute atomic E-state index is 12.5. The normalized spacial score (nSPS) is 17.5. The molecule has 0 radical (unpaired) electrons. The number of para-hydroxylation sites is 1. The van der Waals surface area contributed by atoms with E-state index in [-0.39, 0.29) is 24.4 Å². The van der Waals surface area contributed by atoms with E-state index in [9.17, 15) is 4.79 Å². The summed E-state index contributed by atoms with van der Waals surface area (Å²) >= 11 is 0. The van der Waals surface area contributed by atoms with Crippen LogP contribution < -0.4 is 10.5 Å². The first-order valence-corrected chi connectivity index (χ1v) is 8.79. The van der Waals surface area contributed by atoms with Gasteiger partial charge in [0, 0.05) is 18.7 Å². The molecule has 25 heavy (non-hydrogen) atoms. The van der Waals surface area contributed by atoms with Crippen molar-refractivity contribution in [2.45, 2.75) is 57.8 Å². The van der Waals surface area contributed by atoms with E-state index in [4.69, 9.17) is 15.2 Å². The lowest BCUT2D eigenvalue weighted by atomic mass is 9.94. The number of nitrogens with two attached hydrogens (primary N) is 1. The van der Waals surface area contributed by atoms with Crippen LogP contribution in [0.5, 0.6) is 5.75 Å². The Bertz CT molecular complexity index is 543. The highest BCUT2D eigenvalue weighted by molar-refractivity contribution is 5.86. The summed E-state index contributed by atoms with van der Waals surface area (Å²) in [6.07, 6.45) is 3.51. The highest BCUT2D eigenvalue weighted by atomic mass is 35.5. The molecule has 2 N–H and O–H groups in total. The number of benzene rings is 1. The van der Waals surface area contributed by atoms with Gasteiger partial charge in [-0.2, -0.15) is 0 Å². The Morgan fingerprint density at radius 1 is 1.32 bits per heavy atom. The lowest BCUT2D eigenvalue weighted by Crippen LogP contribution is -2.55. The third kappa shape index (κ3) is 5.87. The summed E-state index contributed by atoms with van der Waals surface area (Å²) in [5.74, 6) is 0.913. The second-order valence-corrected chi connectivity index (χ2v) is 6.78. The Hall–Kier alpha value is -1.30. The molecule has 0 bridgehead atoms. The molecule has 1 unspecified atom stereocenters. The lowest BCUT2D eigenvalue weighted by molar-refractivity contribution is -0.139. The van der Waals surface area contributed by atoms with E-state index in [1.165, 1.54) is 0 Å². The minimum atomic E-state index is -0.750. The minimum absolute atomic E-state index is 0. The number of amides is 1. The van der Waals surface area contributed by atoms with Crippen LogP contribution in [-0.4, -0.2) is 42.6 Å². The van der Waals surface area contributed by atoms with Crippen LogP contribution >= 0.6 is 12.4 Å². The van der Waals surface area contributed by atoms with Crippen LogP contribution in [0.3, 0.4) is 0 Å². The fourth-order valence-corrected chi connectivity index (χ4v) is 3.24.